The van der Waals surface area contributed by atoms with Gasteiger partial charge in [0.15, 0.2) is 5.67 Å². The van der Waals surface area contributed by atoms with Gasteiger partial charge in [-0.15, -0.1) is 11.3 Å². The summed E-state index contributed by atoms with van der Waals surface area (Å²) < 4.78 is 125. The van der Waals surface area contributed by atoms with Crippen molar-refractivity contribution in [3.8, 4) is 21.7 Å². The Hall–Kier alpha value is -5.74. The smallest absolute Gasteiger partial charge is 0.391 e. The summed E-state index contributed by atoms with van der Waals surface area (Å²) in [5.41, 5.74) is 1.05. The zero-order valence-electron chi connectivity index (χ0n) is 44.9. The molecule has 27 heteroatoms. The molecule has 0 spiro atoms. The van der Waals surface area contributed by atoms with E-state index in [1.165, 1.54) is 38.4 Å². The van der Waals surface area contributed by atoms with Crippen LogP contribution in [0.25, 0.3) is 21.7 Å². The van der Waals surface area contributed by atoms with Gasteiger partial charge in [0.05, 0.1) is 45.0 Å². The number of thiazole rings is 1. The summed E-state index contributed by atoms with van der Waals surface area (Å²) in [5.74, 6) is -1.32. The number of aliphatic hydroxyl groups excluding tert-OH is 1. The van der Waals surface area contributed by atoms with Gasteiger partial charge in [0.25, 0.3) is 5.91 Å². The molecule has 1 saturated carbocycles. The Bertz CT molecular complexity index is 3180. The summed E-state index contributed by atoms with van der Waals surface area (Å²) in [7, 11) is -3.96. The quantitative estimate of drug-likeness (QED) is 0.0577. The minimum Gasteiger partial charge on any atom is -0.391 e. The fourth-order valence-electron chi connectivity index (χ4n) is 10.5. The van der Waals surface area contributed by atoms with Crippen molar-refractivity contribution < 1.29 is 58.6 Å². The van der Waals surface area contributed by atoms with E-state index in [4.69, 9.17) is 0 Å². The van der Waals surface area contributed by atoms with Crippen LogP contribution < -0.4 is 16.0 Å². The summed E-state index contributed by atoms with van der Waals surface area (Å²) >= 11 is 3.02. The van der Waals surface area contributed by atoms with Crippen molar-refractivity contribution >= 4 is 56.8 Å². The molecule has 0 radical (unpaired) electrons. The first-order valence-electron chi connectivity index (χ1n) is 26.7. The van der Waals surface area contributed by atoms with E-state index in [2.05, 4.69) is 40.9 Å². The third-order valence-electron chi connectivity index (χ3n) is 15.4. The Morgan fingerprint density at radius 1 is 0.926 bits per heavy atom. The highest BCUT2D eigenvalue weighted by molar-refractivity contribution is 8.00. The lowest BCUT2D eigenvalue weighted by Crippen LogP contribution is -2.61. The number of carbonyl (C=O) groups excluding carboxylic acids is 3. The van der Waals surface area contributed by atoms with Gasteiger partial charge in [-0.05, 0) is 120 Å². The minimum atomic E-state index is -4.92. The van der Waals surface area contributed by atoms with Crippen LogP contribution in [0.2, 0.25) is 0 Å². The Balaban J connectivity index is 0.771. The van der Waals surface area contributed by atoms with Crippen molar-refractivity contribution in [3.63, 3.8) is 0 Å². The Labute approximate surface area is 472 Å². The molecular weight excluding hydrogens is 1130 g/mol. The maximum atomic E-state index is 15.3. The van der Waals surface area contributed by atoms with E-state index in [-0.39, 0.29) is 74.1 Å². The summed E-state index contributed by atoms with van der Waals surface area (Å²) in [4.78, 5) is 58.8. The van der Waals surface area contributed by atoms with E-state index in [0.29, 0.717) is 36.3 Å². The van der Waals surface area contributed by atoms with E-state index < -0.39 is 98.6 Å². The zero-order valence-corrected chi connectivity index (χ0v) is 47.4. The number of anilines is 1. The van der Waals surface area contributed by atoms with Gasteiger partial charge in [0.1, 0.15) is 24.2 Å². The number of amides is 3. The predicted molar refractivity (Wildman–Crippen MR) is 291 cm³/mol. The highest BCUT2D eigenvalue weighted by Gasteiger charge is 2.54. The maximum Gasteiger partial charge on any atom is 0.419 e. The minimum absolute atomic E-state index is 0.00932. The van der Waals surface area contributed by atoms with E-state index in [1.807, 2.05) is 58.0 Å². The molecule has 438 valence electrons. The zero-order chi connectivity index (χ0) is 58.2. The number of rotatable bonds is 19. The summed E-state index contributed by atoms with van der Waals surface area (Å²) in [5, 5.41) is 23.1. The predicted octanol–water partition coefficient (Wildman–Crippen LogP) is 8.17. The number of piperidine rings is 2. The molecule has 3 saturated heterocycles. The fraction of sp³-hybridized carbons (Fsp3) is 0.537. The van der Waals surface area contributed by atoms with Gasteiger partial charge < -0.3 is 26.0 Å². The van der Waals surface area contributed by atoms with Crippen LogP contribution in [-0.2, 0) is 43.7 Å². The number of carbonyl (C=O) groups is 3. The van der Waals surface area contributed by atoms with Gasteiger partial charge in [0.2, 0.25) is 27.8 Å². The summed E-state index contributed by atoms with van der Waals surface area (Å²) in [6.45, 7) is 7.77. The summed E-state index contributed by atoms with van der Waals surface area (Å²) in [6.07, 6.45) is -6.20. The van der Waals surface area contributed by atoms with Crippen LogP contribution in [0.15, 0.2) is 77.5 Å². The van der Waals surface area contributed by atoms with Gasteiger partial charge in [0, 0.05) is 61.3 Å². The third-order valence-corrected chi connectivity index (χ3v) is 19.9. The first-order valence-corrected chi connectivity index (χ1v) is 30.0. The molecular formula is C54H64F7N11O6S3. The number of aliphatic hydroxyl groups is 1. The molecule has 4 atom stereocenters. The van der Waals surface area contributed by atoms with Crippen LogP contribution in [-0.4, -0.2) is 149 Å². The van der Waals surface area contributed by atoms with Crippen molar-refractivity contribution in [1.82, 2.24) is 49.5 Å². The second-order valence-electron chi connectivity index (χ2n) is 22.0. The van der Waals surface area contributed by atoms with Crippen LogP contribution in [0, 0.1) is 12.8 Å². The average Bonchev–Trinajstić information content (AvgIpc) is 4.02. The van der Waals surface area contributed by atoms with Crippen molar-refractivity contribution in [2.24, 2.45) is 5.92 Å². The second-order valence-corrected chi connectivity index (χ2v) is 26.5. The average molecular weight is 1190 g/mol. The highest BCUT2D eigenvalue weighted by Crippen LogP contribution is 2.42. The number of halogens is 7. The molecule has 3 aliphatic heterocycles. The Morgan fingerprint density at radius 2 is 1.63 bits per heavy atom. The van der Waals surface area contributed by atoms with Gasteiger partial charge >= 0.3 is 12.4 Å². The van der Waals surface area contributed by atoms with Crippen molar-refractivity contribution in [2.45, 2.75) is 144 Å². The summed E-state index contributed by atoms with van der Waals surface area (Å²) in [6, 6.07) is 11.3. The molecule has 17 nitrogen and oxygen atoms in total. The largest absolute Gasteiger partial charge is 0.419 e. The number of aryl methyl sites for hydroxylation is 1. The highest BCUT2D eigenvalue weighted by atomic mass is 32.2. The van der Waals surface area contributed by atoms with Gasteiger partial charge in [-0.3, -0.25) is 24.0 Å². The number of nitrogens with one attached hydrogen (secondary N) is 3. The SMILES string of the molecule is Cc1ncsc1-c1ccc([C@H](C)NC(=O)[C@@H]2C[C@@H](O)CN2C(=O)[C@@H](NC(=O)C2(F)CC2)C(C)(C)SCC2CCN(Cc3cccc(S(=O)(=O)N4CCC(Nc5ncc(C(F)(F)F)c(-c6cnn(CC(F)(F)F)c6)n5)CC4)c3)CC2)cc1. The van der Waals surface area contributed by atoms with Gasteiger partial charge in [-0.1, -0.05) is 36.4 Å². The molecule has 4 aliphatic rings. The van der Waals surface area contributed by atoms with Crippen LogP contribution in [0.3, 0.4) is 0 Å². The van der Waals surface area contributed by atoms with Gasteiger partial charge in [-0.25, -0.2) is 27.8 Å². The molecule has 3 amide bonds. The van der Waals surface area contributed by atoms with Crippen LogP contribution in [0.4, 0.5) is 36.7 Å². The lowest BCUT2D eigenvalue weighted by atomic mass is 9.98. The number of nitrogens with zero attached hydrogens (tertiary/aromatic N) is 8. The van der Waals surface area contributed by atoms with E-state index in [0.717, 1.165) is 52.5 Å². The number of hydrogen-bond acceptors (Lipinski definition) is 14. The number of sulfonamides is 1. The molecule has 9 rings (SSSR count). The number of hydrogen-bond donors (Lipinski definition) is 4. The molecule has 1 aliphatic carbocycles. The maximum absolute atomic E-state index is 15.3. The van der Waals surface area contributed by atoms with E-state index in [9.17, 15) is 54.3 Å². The molecule has 81 heavy (non-hydrogen) atoms. The molecule has 6 heterocycles. The number of alkyl halides is 7. The van der Waals surface area contributed by atoms with Crippen molar-refractivity contribution in [3.05, 3.63) is 95.0 Å². The second kappa shape index (κ2) is 23.9. The number of β-amino-alcohol motifs (C(OH)–C–C–N with tert-alkyl or cyclic N) is 1. The molecule has 5 aromatic rings. The van der Waals surface area contributed by atoms with Crippen LogP contribution in [0.1, 0.15) is 94.1 Å². The number of benzene rings is 2. The number of aromatic nitrogens is 5. The molecule has 0 bridgehead atoms. The van der Waals surface area contributed by atoms with Crippen molar-refractivity contribution in [1.29, 1.82) is 0 Å². The standard InChI is InChI=1S/C54H64F7N11O6S3/c1-32(36-8-10-37(11-9-36)45-33(2)63-31-79-45)65-47(74)43-23-40(73)28-72(43)48(75)46(68-49(76)52(55)16-17-52)51(3,4)80-29-34-12-18-69(19-13-34)26-35-6-5-7-41(22-35)81(77,78)71-20-14-39(15-21-71)66-50-62-25-42(54(59,60)61)44(67-50)38-24-64-70(27-38)30-53(56,57)58/h5-11,22,24-25,27,31-32,34,39-40,43,46,73H,12-21,23,26,28-30H2,1-4H3,(H,65,74)(H,68,76)(H,62,66,67)/t32-,40+,43-,46+/m0/s1. The molecule has 4 fully saturated rings. The van der Waals surface area contributed by atoms with Crippen molar-refractivity contribution in [2.75, 3.05) is 43.8 Å². The Kier molecular flexibility index (Phi) is 17.6. The van der Waals surface area contributed by atoms with Crippen LogP contribution in [0.5, 0.6) is 0 Å². The van der Waals surface area contributed by atoms with Crippen LogP contribution >= 0.6 is 23.1 Å². The molecule has 0 unspecified atom stereocenters. The lowest BCUT2D eigenvalue weighted by Gasteiger charge is -2.39. The van der Waals surface area contributed by atoms with E-state index >= 15 is 4.39 Å². The molecule has 3 aromatic heterocycles. The normalized spacial score (nSPS) is 20.5. The lowest BCUT2D eigenvalue weighted by molar-refractivity contribution is -0.143. The van der Waals surface area contributed by atoms with E-state index in [1.54, 1.807) is 17.6 Å². The first-order chi connectivity index (χ1) is 38.2. The third kappa shape index (κ3) is 14.4. The Morgan fingerprint density at radius 3 is 2.27 bits per heavy atom. The first kappa shape index (κ1) is 59.9. The monoisotopic (exact) mass is 1190 g/mol. The topological polar surface area (TPSA) is 208 Å². The fourth-order valence-corrected chi connectivity index (χ4v) is 14.2. The van der Waals surface area contributed by atoms with Gasteiger partial charge in [-0.2, -0.15) is 47.5 Å². The molecule has 4 N–H and O–H groups in total. The number of likely N-dealkylation sites (tertiary alicyclic amines) is 2. The molecule has 2 aromatic carbocycles. The number of thioether (sulfide) groups is 1.